The first-order valence-corrected chi connectivity index (χ1v) is 8.66. The van der Waals surface area contributed by atoms with Crippen LogP contribution < -0.4 is 4.74 Å². The van der Waals surface area contributed by atoms with E-state index in [0.29, 0.717) is 24.6 Å². The van der Waals surface area contributed by atoms with E-state index in [-0.39, 0.29) is 6.04 Å². The molecule has 1 saturated heterocycles. The minimum Gasteiger partial charge on any atom is -0.486 e. The zero-order valence-corrected chi connectivity index (χ0v) is 14.0. The summed E-state index contributed by atoms with van der Waals surface area (Å²) in [5.74, 6) is 0.000610. The van der Waals surface area contributed by atoms with Crippen molar-refractivity contribution in [3.63, 3.8) is 0 Å². The smallest absolute Gasteiger partial charge is 0.320 e. The Morgan fingerprint density at radius 3 is 2.96 bits per heavy atom. The molecule has 0 spiro atoms. The maximum atomic E-state index is 11.2. The van der Waals surface area contributed by atoms with Crippen molar-refractivity contribution in [1.82, 2.24) is 9.88 Å². The van der Waals surface area contributed by atoms with Crippen LogP contribution in [0.1, 0.15) is 23.5 Å². The first kappa shape index (κ1) is 16.2. The average Bonchev–Trinajstić information content (AvgIpc) is 3.16. The summed E-state index contributed by atoms with van der Waals surface area (Å²) in [6, 6.07) is 6.81. The lowest BCUT2D eigenvalue weighted by Crippen LogP contribution is -2.35. The highest BCUT2D eigenvalue weighted by Crippen LogP contribution is 2.22. The highest BCUT2D eigenvalue weighted by atomic mass is 35.5. The fourth-order valence-corrected chi connectivity index (χ4v) is 3.49. The molecule has 1 fully saturated rings. The topological polar surface area (TPSA) is 62.7 Å². The second kappa shape index (κ2) is 7.29. The van der Waals surface area contributed by atoms with Crippen LogP contribution in [0.5, 0.6) is 5.75 Å². The number of carbonyl (C=O) groups is 1. The van der Waals surface area contributed by atoms with Gasteiger partial charge in [-0.25, -0.2) is 4.98 Å². The Morgan fingerprint density at radius 1 is 1.43 bits per heavy atom. The summed E-state index contributed by atoms with van der Waals surface area (Å²) in [4.78, 5) is 17.7. The number of nitrogens with zero attached hydrogens (tertiary/aromatic N) is 2. The molecule has 2 aromatic rings. The molecule has 1 aromatic heterocycles. The third-order valence-electron chi connectivity index (χ3n) is 3.79. The van der Waals surface area contributed by atoms with E-state index >= 15 is 0 Å². The molecule has 1 aliphatic heterocycles. The predicted molar refractivity (Wildman–Crippen MR) is 89.0 cm³/mol. The van der Waals surface area contributed by atoms with Crippen LogP contribution in [0.4, 0.5) is 0 Å². The van der Waals surface area contributed by atoms with Gasteiger partial charge in [0.05, 0.1) is 5.69 Å². The molecule has 7 heteroatoms. The SMILES string of the molecule is O=C(O)[C@@H]1CCCN1Cc1csc(COc2ccc(Cl)cc2)n1. The second-order valence-corrected chi connectivity index (χ2v) is 6.82. The van der Waals surface area contributed by atoms with E-state index in [1.165, 1.54) is 11.3 Å². The van der Waals surface area contributed by atoms with Crippen molar-refractivity contribution in [1.29, 1.82) is 0 Å². The molecule has 0 bridgehead atoms. The second-order valence-electron chi connectivity index (χ2n) is 5.44. The van der Waals surface area contributed by atoms with Gasteiger partial charge in [0.25, 0.3) is 0 Å². The molecule has 0 amide bonds. The number of benzene rings is 1. The van der Waals surface area contributed by atoms with Crippen molar-refractivity contribution in [2.75, 3.05) is 6.54 Å². The van der Waals surface area contributed by atoms with Crippen LogP contribution >= 0.6 is 22.9 Å². The number of aromatic nitrogens is 1. The van der Waals surface area contributed by atoms with Crippen molar-refractivity contribution < 1.29 is 14.6 Å². The quantitative estimate of drug-likeness (QED) is 0.863. The number of hydrogen-bond acceptors (Lipinski definition) is 5. The summed E-state index contributed by atoms with van der Waals surface area (Å²) in [5.41, 5.74) is 0.901. The number of carboxylic acid groups (broad SMARTS) is 1. The van der Waals surface area contributed by atoms with Crippen LogP contribution in [0, 0.1) is 0 Å². The lowest BCUT2D eigenvalue weighted by Gasteiger charge is -2.19. The first-order valence-electron chi connectivity index (χ1n) is 7.40. The molecule has 3 rings (SSSR count). The molecule has 0 aliphatic carbocycles. The minimum atomic E-state index is -0.746. The molecule has 1 N–H and O–H groups in total. The van der Waals surface area contributed by atoms with E-state index < -0.39 is 5.97 Å². The lowest BCUT2D eigenvalue weighted by molar-refractivity contribution is -0.142. The van der Waals surface area contributed by atoms with Crippen LogP contribution in [0.2, 0.25) is 5.02 Å². The summed E-state index contributed by atoms with van der Waals surface area (Å²) in [6.07, 6.45) is 1.64. The van der Waals surface area contributed by atoms with Gasteiger partial charge in [0.2, 0.25) is 0 Å². The summed E-state index contributed by atoms with van der Waals surface area (Å²) in [7, 11) is 0. The average molecular weight is 353 g/mol. The molecule has 0 saturated carbocycles. The van der Waals surface area contributed by atoms with Crippen molar-refractivity contribution in [2.45, 2.75) is 32.0 Å². The Labute approximate surface area is 143 Å². The number of ether oxygens (including phenoxy) is 1. The summed E-state index contributed by atoms with van der Waals surface area (Å²) in [5, 5.41) is 12.7. The van der Waals surface area contributed by atoms with E-state index in [4.69, 9.17) is 16.3 Å². The van der Waals surface area contributed by atoms with Gasteiger partial charge >= 0.3 is 5.97 Å². The summed E-state index contributed by atoms with van der Waals surface area (Å²) in [6.45, 7) is 1.79. The van der Waals surface area contributed by atoms with E-state index in [1.54, 1.807) is 12.1 Å². The van der Waals surface area contributed by atoms with Gasteiger partial charge in [-0.1, -0.05) is 11.6 Å². The van der Waals surface area contributed by atoms with Gasteiger partial charge in [0.1, 0.15) is 23.4 Å². The van der Waals surface area contributed by atoms with E-state index in [1.807, 2.05) is 22.4 Å². The maximum absolute atomic E-state index is 11.2. The Morgan fingerprint density at radius 2 is 2.22 bits per heavy atom. The Bertz CT molecular complexity index is 674. The molecule has 0 radical (unpaired) electrons. The normalized spacial score (nSPS) is 18.2. The van der Waals surface area contributed by atoms with Gasteiger partial charge in [-0.15, -0.1) is 11.3 Å². The molecular weight excluding hydrogens is 336 g/mol. The first-order chi connectivity index (χ1) is 11.1. The van der Waals surface area contributed by atoms with Gasteiger partial charge in [-0.3, -0.25) is 9.69 Å². The van der Waals surface area contributed by atoms with E-state index in [0.717, 1.165) is 29.4 Å². The van der Waals surface area contributed by atoms with Crippen molar-refractivity contribution in [2.24, 2.45) is 0 Å². The zero-order chi connectivity index (χ0) is 16.2. The highest BCUT2D eigenvalue weighted by molar-refractivity contribution is 7.09. The molecule has 2 heterocycles. The third-order valence-corrected chi connectivity index (χ3v) is 4.91. The van der Waals surface area contributed by atoms with Gasteiger partial charge in [-0.05, 0) is 43.7 Å². The molecule has 1 aliphatic rings. The summed E-state index contributed by atoms with van der Waals surface area (Å²) >= 11 is 7.36. The fourth-order valence-electron chi connectivity index (χ4n) is 2.67. The molecule has 1 aromatic carbocycles. The molecule has 0 unspecified atom stereocenters. The van der Waals surface area contributed by atoms with Crippen LogP contribution in [0.15, 0.2) is 29.6 Å². The number of rotatable bonds is 6. The minimum absolute atomic E-state index is 0.384. The predicted octanol–water partition coefficient (Wildman–Crippen LogP) is 3.42. The van der Waals surface area contributed by atoms with Crippen molar-refractivity contribution >= 4 is 28.9 Å². The van der Waals surface area contributed by atoms with Gasteiger partial charge < -0.3 is 9.84 Å². The molecule has 23 heavy (non-hydrogen) atoms. The lowest BCUT2D eigenvalue weighted by atomic mass is 10.2. The van der Waals surface area contributed by atoms with E-state index in [2.05, 4.69) is 4.98 Å². The molecule has 1 atom stereocenters. The third kappa shape index (κ3) is 4.22. The standard InChI is InChI=1S/C16H17ClN2O3S/c17-11-3-5-13(6-4-11)22-9-15-18-12(10-23-15)8-19-7-1-2-14(19)16(20)21/h3-6,10,14H,1-2,7-9H2,(H,20,21)/t14-/m0/s1. The Balaban J connectivity index is 1.55. The van der Waals surface area contributed by atoms with Crippen LogP contribution in [0.3, 0.4) is 0 Å². The van der Waals surface area contributed by atoms with Gasteiger partial charge in [-0.2, -0.15) is 0 Å². The number of thiazole rings is 1. The highest BCUT2D eigenvalue weighted by Gasteiger charge is 2.30. The van der Waals surface area contributed by atoms with Crippen molar-refractivity contribution in [3.05, 3.63) is 45.4 Å². The number of hydrogen-bond donors (Lipinski definition) is 1. The maximum Gasteiger partial charge on any atom is 0.320 e. The van der Waals surface area contributed by atoms with Crippen LogP contribution in [0.25, 0.3) is 0 Å². The Hall–Kier alpha value is -1.63. The monoisotopic (exact) mass is 352 g/mol. The fraction of sp³-hybridized carbons (Fsp3) is 0.375. The van der Waals surface area contributed by atoms with E-state index in [9.17, 15) is 9.90 Å². The van der Waals surface area contributed by atoms with Gasteiger partial charge in [0.15, 0.2) is 0 Å². The number of aliphatic carboxylic acids is 1. The van der Waals surface area contributed by atoms with Crippen molar-refractivity contribution in [3.8, 4) is 5.75 Å². The number of carboxylic acids is 1. The van der Waals surface area contributed by atoms with Crippen LogP contribution in [-0.4, -0.2) is 33.5 Å². The van der Waals surface area contributed by atoms with Gasteiger partial charge in [0, 0.05) is 16.9 Å². The number of halogens is 1. The summed E-state index contributed by atoms with van der Waals surface area (Å²) < 4.78 is 5.67. The molecular formula is C16H17ClN2O3S. The Kier molecular flexibility index (Phi) is 5.15. The molecule has 5 nitrogen and oxygen atoms in total. The van der Waals surface area contributed by atoms with Crippen LogP contribution in [-0.2, 0) is 17.9 Å². The zero-order valence-electron chi connectivity index (χ0n) is 12.4. The largest absolute Gasteiger partial charge is 0.486 e. The number of likely N-dealkylation sites (tertiary alicyclic amines) is 1. The molecule has 122 valence electrons.